The van der Waals surface area contributed by atoms with Crippen molar-refractivity contribution in [3.05, 3.63) is 18.2 Å². The molecular formula is C13H17N5O2S. The number of nitrogens with zero attached hydrogens (tertiary/aromatic N) is 3. The van der Waals surface area contributed by atoms with Crippen LogP contribution in [0, 0.1) is 0 Å². The average Bonchev–Trinajstić information content (AvgIpc) is 3.02. The van der Waals surface area contributed by atoms with Crippen LogP contribution in [0.4, 0.5) is 5.69 Å². The molecule has 8 heteroatoms. The molecule has 7 nitrogen and oxygen atoms in total. The summed E-state index contributed by atoms with van der Waals surface area (Å²) < 4.78 is 20.5. The highest BCUT2D eigenvalue weighted by Gasteiger charge is 2.17. The minimum atomic E-state index is -2.03. The monoisotopic (exact) mass is 307 g/mol. The lowest BCUT2D eigenvalue weighted by molar-refractivity contribution is 0.463. The fraction of sp³-hybridized carbons (Fsp3) is 0.462. The Bertz CT molecular complexity index is 625. The highest BCUT2D eigenvalue weighted by molar-refractivity contribution is 7.79. The topological polar surface area (TPSA) is 104 Å². The number of H-pyrrole nitrogens is 1. The van der Waals surface area contributed by atoms with Gasteiger partial charge in [0.2, 0.25) is 5.82 Å². The SMILES string of the molecule is O=S(O)c1ccc(NC2CCCCC2)c(-c2nn[nH]n2)c1. The minimum absolute atomic E-state index is 0.323. The highest BCUT2D eigenvalue weighted by Crippen LogP contribution is 2.30. The number of hydrogen-bond acceptors (Lipinski definition) is 5. The second kappa shape index (κ2) is 6.31. The van der Waals surface area contributed by atoms with Crippen LogP contribution >= 0.6 is 0 Å². The molecule has 1 aromatic heterocycles. The van der Waals surface area contributed by atoms with Gasteiger partial charge in [-0.05, 0) is 36.3 Å². The number of anilines is 1. The number of benzene rings is 1. The maximum absolute atomic E-state index is 11.3. The van der Waals surface area contributed by atoms with Crippen LogP contribution < -0.4 is 5.32 Å². The normalized spacial score (nSPS) is 17.6. The summed E-state index contributed by atoms with van der Waals surface area (Å²) in [5.41, 5.74) is 1.56. The molecule has 1 heterocycles. The van der Waals surface area contributed by atoms with Gasteiger partial charge in [-0.2, -0.15) is 5.21 Å². The molecule has 1 unspecified atom stereocenters. The number of aromatic amines is 1. The summed E-state index contributed by atoms with van der Waals surface area (Å²) in [6.07, 6.45) is 6.03. The zero-order valence-electron chi connectivity index (χ0n) is 11.5. The van der Waals surface area contributed by atoms with Gasteiger partial charge in [0.25, 0.3) is 0 Å². The number of hydrogen-bond donors (Lipinski definition) is 3. The fourth-order valence-corrected chi connectivity index (χ4v) is 3.09. The summed E-state index contributed by atoms with van der Waals surface area (Å²) in [5.74, 6) is 0.417. The maximum Gasteiger partial charge on any atom is 0.206 e. The number of nitrogens with one attached hydrogen (secondary N) is 2. The van der Waals surface area contributed by atoms with E-state index in [4.69, 9.17) is 0 Å². The summed E-state index contributed by atoms with van der Waals surface area (Å²) in [4.78, 5) is 0.323. The molecule has 0 bridgehead atoms. The van der Waals surface area contributed by atoms with E-state index in [0.717, 1.165) is 18.5 Å². The van der Waals surface area contributed by atoms with E-state index >= 15 is 0 Å². The summed E-state index contributed by atoms with van der Waals surface area (Å²) >= 11 is -2.03. The van der Waals surface area contributed by atoms with Crippen molar-refractivity contribution >= 4 is 16.8 Å². The first kappa shape index (κ1) is 14.2. The van der Waals surface area contributed by atoms with Gasteiger partial charge >= 0.3 is 0 Å². The largest absolute Gasteiger partial charge is 0.382 e. The Hall–Kier alpha value is -1.80. The van der Waals surface area contributed by atoms with Crippen LogP contribution in [-0.4, -0.2) is 35.4 Å². The van der Waals surface area contributed by atoms with E-state index in [9.17, 15) is 8.76 Å². The zero-order chi connectivity index (χ0) is 14.7. The van der Waals surface area contributed by atoms with Crippen LogP contribution in [0.3, 0.4) is 0 Å². The van der Waals surface area contributed by atoms with Crippen molar-refractivity contribution in [2.75, 3.05) is 5.32 Å². The Kier molecular flexibility index (Phi) is 4.26. The first-order chi connectivity index (χ1) is 10.2. The Morgan fingerprint density at radius 2 is 2.10 bits per heavy atom. The van der Waals surface area contributed by atoms with E-state index in [1.165, 1.54) is 19.3 Å². The van der Waals surface area contributed by atoms with Crippen molar-refractivity contribution in [1.29, 1.82) is 0 Å². The summed E-state index contributed by atoms with van der Waals surface area (Å²) in [7, 11) is 0. The number of rotatable bonds is 4. The lowest BCUT2D eigenvalue weighted by atomic mass is 9.95. The molecule has 1 aliphatic rings. The third-order valence-electron chi connectivity index (χ3n) is 3.74. The molecule has 0 saturated heterocycles. The van der Waals surface area contributed by atoms with Crippen LogP contribution in [0.25, 0.3) is 11.4 Å². The van der Waals surface area contributed by atoms with Gasteiger partial charge in [0.1, 0.15) is 0 Å². The van der Waals surface area contributed by atoms with Crippen LogP contribution in [0.1, 0.15) is 32.1 Å². The first-order valence-electron chi connectivity index (χ1n) is 6.99. The molecule has 2 aromatic rings. The predicted molar refractivity (Wildman–Crippen MR) is 79.1 cm³/mol. The Balaban J connectivity index is 1.92. The van der Waals surface area contributed by atoms with Crippen molar-refractivity contribution in [3.8, 4) is 11.4 Å². The van der Waals surface area contributed by atoms with E-state index in [-0.39, 0.29) is 0 Å². The molecule has 1 aromatic carbocycles. The molecule has 0 aliphatic heterocycles. The molecule has 3 N–H and O–H groups in total. The molecule has 112 valence electrons. The fourth-order valence-electron chi connectivity index (χ4n) is 2.69. The second-order valence-electron chi connectivity index (χ2n) is 5.17. The summed E-state index contributed by atoms with van der Waals surface area (Å²) in [5, 5.41) is 17.4. The van der Waals surface area contributed by atoms with Gasteiger partial charge < -0.3 is 9.87 Å². The number of tetrazole rings is 1. The lowest BCUT2D eigenvalue weighted by Gasteiger charge is -2.24. The maximum atomic E-state index is 11.3. The zero-order valence-corrected chi connectivity index (χ0v) is 12.3. The molecule has 21 heavy (non-hydrogen) atoms. The van der Waals surface area contributed by atoms with E-state index in [1.54, 1.807) is 12.1 Å². The molecule has 3 rings (SSSR count). The third kappa shape index (κ3) is 3.27. The van der Waals surface area contributed by atoms with E-state index in [0.29, 0.717) is 22.3 Å². The molecular weight excluding hydrogens is 290 g/mol. The number of aromatic nitrogens is 4. The summed E-state index contributed by atoms with van der Waals surface area (Å²) in [6.45, 7) is 0. The molecule has 0 spiro atoms. The van der Waals surface area contributed by atoms with Gasteiger partial charge in [0.15, 0.2) is 11.1 Å². The van der Waals surface area contributed by atoms with Crippen molar-refractivity contribution < 1.29 is 8.76 Å². The third-order valence-corrected chi connectivity index (χ3v) is 4.40. The van der Waals surface area contributed by atoms with Crippen LogP contribution in [0.15, 0.2) is 23.1 Å². The minimum Gasteiger partial charge on any atom is -0.382 e. The first-order valence-corrected chi connectivity index (χ1v) is 8.10. The molecule has 1 fully saturated rings. The smallest absolute Gasteiger partial charge is 0.206 e. The van der Waals surface area contributed by atoms with Crippen molar-refractivity contribution in [2.45, 2.75) is 43.0 Å². The molecule has 1 saturated carbocycles. The van der Waals surface area contributed by atoms with E-state index in [1.807, 2.05) is 6.07 Å². The van der Waals surface area contributed by atoms with Gasteiger partial charge in [0, 0.05) is 17.3 Å². The van der Waals surface area contributed by atoms with Crippen molar-refractivity contribution in [1.82, 2.24) is 20.6 Å². The Labute approximate surface area is 124 Å². The molecule has 1 aliphatic carbocycles. The van der Waals surface area contributed by atoms with Crippen LogP contribution in [0.2, 0.25) is 0 Å². The molecule has 0 amide bonds. The summed E-state index contributed by atoms with van der Waals surface area (Å²) in [6, 6.07) is 5.51. The van der Waals surface area contributed by atoms with Gasteiger partial charge in [0.05, 0.1) is 4.90 Å². The van der Waals surface area contributed by atoms with Gasteiger partial charge in [-0.3, -0.25) is 0 Å². The van der Waals surface area contributed by atoms with Crippen LogP contribution in [0.5, 0.6) is 0 Å². The van der Waals surface area contributed by atoms with Gasteiger partial charge in [-0.25, -0.2) is 4.21 Å². The molecule has 1 atom stereocenters. The second-order valence-corrected chi connectivity index (χ2v) is 6.14. The Morgan fingerprint density at radius 3 is 2.76 bits per heavy atom. The average molecular weight is 307 g/mol. The van der Waals surface area contributed by atoms with Gasteiger partial charge in [-0.15, -0.1) is 10.2 Å². The van der Waals surface area contributed by atoms with E-state index < -0.39 is 11.1 Å². The predicted octanol–water partition coefficient (Wildman–Crippen LogP) is 2.19. The highest BCUT2D eigenvalue weighted by atomic mass is 32.2. The van der Waals surface area contributed by atoms with Crippen molar-refractivity contribution in [3.63, 3.8) is 0 Å². The molecule has 0 radical (unpaired) electrons. The standard InChI is InChI=1S/C13H17N5O2S/c19-21(20)10-6-7-12(14-9-4-2-1-3-5-9)11(8-10)13-15-17-18-16-13/h6-9,14H,1-5H2,(H,19,20)(H,15,16,17,18). The van der Waals surface area contributed by atoms with Crippen LogP contribution in [-0.2, 0) is 11.1 Å². The quantitative estimate of drug-likeness (QED) is 0.748. The van der Waals surface area contributed by atoms with Crippen molar-refractivity contribution in [2.24, 2.45) is 0 Å². The Morgan fingerprint density at radius 1 is 1.29 bits per heavy atom. The van der Waals surface area contributed by atoms with Gasteiger partial charge in [-0.1, -0.05) is 19.3 Å². The van der Waals surface area contributed by atoms with E-state index in [2.05, 4.69) is 25.9 Å². The lowest BCUT2D eigenvalue weighted by Crippen LogP contribution is -2.22.